The molecular weight excluding hydrogens is 369 g/mol. The first-order valence-electron chi connectivity index (χ1n) is 9.62. The highest BCUT2D eigenvalue weighted by Gasteiger charge is 2.12. The highest BCUT2D eigenvalue weighted by molar-refractivity contribution is 5.76. The molecule has 0 bridgehead atoms. The molecule has 152 valence electrons. The van der Waals surface area contributed by atoms with Gasteiger partial charge in [-0.3, -0.25) is 4.79 Å². The van der Waals surface area contributed by atoms with Gasteiger partial charge in [-0.25, -0.2) is 9.07 Å². The molecule has 3 aromatic rings. The van der Waals surface area contributed by atoms with Crippen molar-refractivity contribution in [1.29, 1.82) is 0 Å². The zero-order chi connectivity index (χ0) is 21.0. The maximum atomic E-state index is 13.8. The Morgan fingerprint density at radius 3 is 2.48 bits per heavy atom. The third kappa shape index (κ3) is 5.02. The van der Waals surface area contributed by atoms with E-state index in [1.165, 1.54) is 13.2 Å². The highest BCUT2D eigenvalue weighted by Crippen LogP contribution is 2.20. The second-order valence-corrected chi connectivity index (χ2v) is 7.19. The van der Waals surface area contributed by atoms with Crippen LogP contribution >= 0.6 is 0 Å². The summed E-state index contributed by atoms with van der Waals surface area (Å²) in [5.74, 6) is -0.284. The minimum Gasteiger partial charge on any atom is -0.494 e. The van der Waals surface area contributed by atoms with Gasteiger partial charge in [0.1, 0.15) is 0 Å². The first-order chi connectivity index (χ1) is 13.9. The molecule has 0 radical (unpaired) electrons. The van der Waals surface area contributed by atoms with Crippen molar-refractivity contribution >= 4 is 5.91 Å². The average Bonchev–Trinajstić information content (AvgIpc) is 3.04. The zero-order valence-electron chi connectivity index (χ0n) is 17.2. The lowest BCUT2D eigenvalue weighted by molar-refractivity contribution is -0.121. The normalized spacial score (nSPS) is 11.9. The van der Waals surface area contributed by atoms with Gasteiger partial charge in [0, 0.05) is 12.1 Å². The maximum absolute atomic E-state index is 13.8. The van der Waals surface area contributed by atoms with Crippen LogP contribution in [0.4, 0.5) is 4.39 Å². The monoisotopic (exact) mass is 395 g/mol. The standard InChI is InChI=1S/C23H26FN3O2/c1-15-13-16(2)27(26-15)20-9-7-19(8-10-20)17(3)25-23(28)12-6-18-5-11-22(29-4)21(24)14-18/h5,7-11,13-14,17H,6,12H2,1-4H3,(H,25,28)/t17-/m0/s1. The summed E-state index contributed by atoms with van der Waals surface area (Å²) in [6.45, 7) is 5.94. The Bertz CT molecular complexity index is 996. The lowest BCUT2D eigenvalue weighted by Gasteiger charge is -2.15. The SMILES string of the molecule is COc1ccc(CCC(=O)N[C@@H](C)c2ccc(-n3nc(C)cc3C)cc2)cc1F. The molecule has 6 heteroatoms. The number of carbonyl (C=O) groups is 1. The quantitative estimate of drug-likeness (QED) is 0.643. The van der Waals surface area contributed by atoms with Crippen LogP contribution in [0.15, 0.2) is 48.5 Å². The minimum absolute atomic E-state index is 0.0728. The highest BCUT2D eigenvalue weighted by atomic mass is 19.1. The second kappa shape index (κ2) is 8.90. The van der Waals surface area contributed by atoms with Crippen molar-refractivity contribution in [3.8, 4) is 11.4 Å². The van der Waals surface area contributed by atoms with Crippen molar-refractivity contribution in [2.24, 2.45) is 0 Å². The summed E-state index contributed by atoms with van der Waals surface area (Å²) in [5.41, 5.74) is 4.81. The molecule has 0 saturated carbocycles. The van der Waals surface area contributed by atoms with Gasteiger partial charge >= 0.3 is 0 Å². The summed E-state index contributed by atoms with van der Waals surface area (Å²) in [7, 11) is 1.43. The molecule has 1 aromatic heterocycles. The minimum atomic E-state index is -0.415. The van der Waals surface area contributed by atoms with Crippen molar-refractivity contribution in [2.75, 3.05) is 7.11 Å². The van der Waals surface area contributed by atoms with E-state index in [1.807, 2.05) is 55.8 Å². The van der Waals surface area contributed by atoms with Gasteiger partial charge in [0.15, 0.2) is 11.6 Å². The van der Waals surface area contributed by atoms with Gasteiger partial charge in [0.25, 0.3) is 0 Å². The Labute approximate surface area is 170 Å². The number of ether oxygens (including phenoxy) is 1. The van der Waals surface area contributed by atoms with Crippen LogP contribution in [0.2, 0.25) is 0 Å². The van der Waals surface area contributed by atoms with Crippen LogP contribution < -0.4 is 10.1 Å². The van der Waals surface area contributed by atoms with Crippen molar-refractivity contribution in [3.63, 3.8) is 0 Å². The van der Waals surface area contributed by atoms with Gasteiger partial charge in [-0.05, 0) is 68.7 Å². The Balaban J connectivity index is 1.56. The third-order valence-corrected chi connectivity index (χ3v) is 4.88. The van der Waals surface area contributed by atoms with Crippen molar-refractivity contribution in [1.82, 2.24) is 15.1 Å². The average molecular weight is 395 g/mol. The number of amides is 1. The van der Waals surface area contributed by atoms with Crippen LogP contribution in [0.1, 0.15) is 41.9 Å². The van der Waals surface area contributed by atoms with E-state index >= 15 is 0 Å². The summed E-state index contributed by atoms with van der Waals surface area (Å²) >= 11 is 0. The first kappa shape index (κ1) is 20.6. The molecule has 2 aromatic carbocycles. The number of aromatic nitrogens is 2. The smallest absolute Gasteiger partial charge is 0.220 e. The lowest BCUT2D eigenvalue weighted by Crippen LogP contribution is -2.26. The molecule has 29 heavy (non-hydrogen) atoms. The molecule has 0 aliphatic carbocycles. The van der Waals surface area contributed by atoms with Crippen molar-refractivity contribution < 1.29 is 13.9 Å². The fourth-order valence-corrected chi connectivity index (χ4v) is 3.31. The van der Waals surface area contributed by atoms with E-state index in [4.69, 9.17) is 4.74 Å². The molecule has 0 aliphatic heterocycles. The van der Waals surface area contributed by atoms with E-state index < -0.39 is 5.82 Å². The molecule has 1 atom stereocenters. The van der Waals surface area contributed by atoms with Crippen LogP contribution in [-0.4, -0.2) is 22.8 Å². The molecule has 1 amide bonds. The Morgan fingerprint density at radius 2 is 1.90 bits per heavy atom. The molecule has 0 spiro atoms. The van der Waals surface area contributed by atoms with E-state index in [9.17, 15) is 9.18 Å². The third-order valence-electron chi connectivity index (χ3n) is 4.88. The maximum Gasteiger partial charge on any atom is 0.220 e. The fraction of sp³-hybridized carbons (Fsp3) is 0.304. The number of hydrogen-bond acceptors (Lipinski definition) is 3. The number of nitrogens with zero attached hydrogens (tertiary/aromatic N) is 2. The number of hydrogen-bond donors (Lipinski definition) is 1. The summed E-state index contributed by atoms with van der Waals surface area (Å²) in [4.78, 5) is 12.3. The van der Waals surface area contributed by atoms with Gasteiger partial charge in [-0.15, -0.1) is 0 Å². The Morgan fingerprint density at radius 1 is 1.17 bits per heavy atom. The number of carbonyl (C=O) groups excluding carboxylic acids is 1. The van der Waals surface area contributed by atoms with Gasteiger partial charge in [0.2, 0.25) is 5.91 Å². The van der Waals surface area contributed by atoms with Gasteiger partial charge in [-0.2, -0.15) is 5.10 Å². The predicted molar refractivity (Wildman–Crippen MR) is 111 cm³/mol. The fourth-order valence-electron chi connectivity index (χ4n) is 3.31. The number of nitrogens with one attached hydrogen (secondary N) is 1. The number of methoxy groups -OCH3 is 1. The Kier molecular flexibility index (Phi) is 6.32. The lowest BCUT2D eigenvalue weighted by atomic mass is 10.1. The molecular formula is C23H26FN3O2. The van der Waals surface area contributed by atoms with Crippen LogP contribution in [0.25, 0.3) is 5.69 Å². The summed E-state index contributed by atoms with van der Waals surface area (Å²) in [6.07, 6.45) is 0.760. The van der Waals surface area contributed by atoms with Crippen LogP contribution in [0, 0.1) is 19.7 Å². The second-order valence-electron chi connectivity index (χ2n) is 7.19. The molecule has 0 saturated heterocycles. The number of aryl methyl sites for hydroxylation is 3. The summed E-state index contributed by atoms with van der Waals surface area (Å²) < 4.78 is 20.6. The Hall–Kier alpha value is -3.15. The van der Waals surface area contributed by atoms with Crippen molar-refractivity contribution in [2.45, 2.75) is 39.7 Å². The van der Waals surface area contributed by atoms with Crippen LogP contribution in [-0.2, 0) is 11.2 Å². The zero-order valence-corrected chi connectivity index (χ0v) is 17.2. The summed E-state index contributed by atoms with van der Waals surface area (Å²) in [6, 6.07) is 14.7. The van der Waals surface area contributed by atoms with Gasteiger partial charge in [-0.1, -0.05) is 18.2 Å². The van der Waals surface area contributed by atoms with Gasteiger partial charge in [0.05, 0.1) is 24.5 Å². The molecule has 1 N–H and O–H groups in total. The van der Waals surface area contributed by atoms with Gasteiger partial charge < -0.3 is 10.1 Å². The molecule has 3 rings (SSSR count). The van der Waals surface area contributed by atoms with Crippen molar-refractivity contribution in [3.05, 3.63) is 76.9 Å². The summed E-state index contributed by atoms with van der Waals surface area (Å²) in [5, 5.41) is 7.48. The number of halogens is 1. The number of benzene rings is 2. The largest absolute Gasteiger partial charge is 0.494 e. The first-order valence-corrected chi connectivity index (χ1v) is 9.62. The predicted octanol–water partition coefficient (Wildman–Crippen LogP) is 4.45. The molecule has 5 nitrogen and oxygen atoms in total. The number of rotatable bonds is 7. The van der Waals surface area contributed by atoms with E-state index in [2.05, 4.69) is 10.4 Å². The van der Waals surface area contributed by atoms with E-state index in [0.717, 1.165) is 28.2 Å². The van der Waals surface area contributed by atoms with E-state index in [1.54, 1.807) is 12.1 Å². The van der Waals surface area contributed by atoms with Crippen LogP contribution in [0.3, 0.4) is 0 Å². The van der Waals surface area contributed by atoms with Crippen LogP contribution in [0.5, 0.6) is 5.75 Å². The van der Waals surface area contributed by atoms with E-state index in [-0.39, 0.29) is 17.7 Å². The molecule has 1 heterocycles. The van der Waals surface area contributed by atoms with E-state index in [0.29, 0.717) is 12.8 Å². The molecule has 0 aliphatic rings. The topological polar surface area (TPSA) is 56.1 Å². The molecule has 0 fully saturated rings. The molecule has 0 unspecified atom stereocenters.